The quantitative estimate of drug-likeness (QED) is 0.361. The van der Waals surface area contributed by atoms with Gasteiger partial charge >= 0.3 is 5.97 Å². The molecule has 3 aromatic rings. The van der Waals surface area contributed by atoms with Crippen molar-refractivity contribution in [2.24, 2.45) is 0 Å². The van der Waals surface area contributed by atoms with Crippen molar-refractivity contribution >= 4 is 34.9 Å². The van der Waals surface area contributed by atoms with Crippen LogP contribution in [0.1, 0.15) is 21.7 Å². The molecule has 0 unspecified atom stereocenters. The van der Waals surface area contributed by atoms with E-state index in [1.165, 1.54) is 24.4 Å². The number of benzene rings is 1. The summed E-state index contributed by atoms with van der Waals surface area (Å²) in [6.07, 6.45) is 1.33. The smallest absolute Gasteiger partial charge is 0.340 e. The Kier molecular flexibility index (Phi) is 6.07. The van der Waals surface area contributed by atoms with Gasteiger partial charge in [-0.2, -0.15) is 5.10 Å². The van der Waals surface area contributed by atoms with Gasteiger partial charge in [0.25, 0.3) is 11.6 Å². The predicted octanol–water partition coefficient (Wildman–Crippen LogP) is 3.24. The molecule has 3 rings (SSSR count). The van der Waals surface area contributed by atoms with Gasteiger partial charge in [0.15, 0.2) is 12.4 Å². The molecule has 1 aromatic carbocycles. The molecule has 1 amide bonds. The number of nitrogens with one attached hydrogen (secondary N) is 1. The molecule has 11 heteroatoms. The lowest BCUT2D eigenvalue weighted by atomic mass is 10.2. The van der Waals surface area contributed by atoms with Crippen molar-refractivity contribution in [1.82, 2.24) is 14.8 Å². The summed E-state index contributed by atoms with van der Waals surface area (Å²) >= 11 is 5.72. The van der Waals surface area contributed by atoms with Gasteiger partial charge in [-0.05, 0) is 44.2 Å². The number of rotatable bonds is 6. The Morgan fingerprint density at radius 2 is 2.00 bits per heavy atom. The number of halogens is 1. The topological polar surface area (TPSA) is 129 Å². The number of aromatic nitrogens is 3. The molecule has 0 atom stereocenters. The fourth-order valence-electron chi connectivity index (χ4n) is 2.63. The number of anilines is 1. The Labute approximate surface area is 175 Å². The lowest BCUT2D eigenvalue weighted by Gasteiger charge is -2.08. The first kappa shape index (κ1) is 20.9. The number of carbonyl (C=O) groups excluding carboxylic acids is 2. The van der Waals surface area contributed by atoms with E-state index >= 15 is 0 Å². The average molecular weight is 430 g/mol. The van der Waals surface area contributed by atoms with Gasteiger partial charge in [-0.25, -0.2) is 14.5 Å². The lowest BCUT2D eigenvalue weighted by Crippen LogP contribution is -2.21. The van der Waals surface area contributed by atoms with E-state index < -0.39 is 23.4 Å². The monoisotopic (exact) mass is 429 g/mol. The van der Waals surface area contributed by atoms with Gasteiger partial charge in [-0.1, -0.05) is 11.6 Å². The van der Waals surface area contributed by atoms with Crippen molar-refractivity contribution in [3.8, 4) is 5.82 Å². The summed E-state index contributed by atoms with van der Waals surface area (Å²) in [5.41, 5.74) is 1.71. The van der Waals surface area contributed by atoms with E-state index in [4.69, 9.17) is 16.3 Å². The van der Waals surface area contributed by atoms with Crippen molar-refractivity contribution in [3.05, 3.63) is 74.7 Å². The summed E-state index contributed by atoms with van der Waals surface area (Å²) in [6.45, 7) is 3.18. The molecule has 0 spiro atoms. The van der Waals surface area contributed by atoms with Gasteiger partial charge < -0.3 is 10.1 Å². The third-order valence-corrected chi connectivity index (χ3v) is 4.29. The first-order valence-corrected chi connectivity index (χ1v) is 9.03. The molecular weight excluding hydrogens is 414 g/mol. The third kappa shape index (κ3) is 4.78. The summed E-state index contributed by atoms with van der Waals surface area (Å²) in [6, 6.07) is 8.83. The minimum absolute atomic E-state index is 0.0548. The van der Waals surface area contributed by atoms with Gasteiger partial charge in [0.05, 0.1) is 16.2 Å². The summed E-state index contributed by atoms with van der Waals surface area (Å²) in [5.74, 6) is -0.855. The molecule has 0 aliphatic rings. The average Bonchev–Trinajstić information content (AvgIpc) is 3.05. The number of carbonyl (C=O) groups is 2. The van der Waals surface area contributed by atoms with E-state index in [0.29, 0.717) is 5.82 Å². The molecule has 0 bridgehead atoms. The molecule has 0 aliphatic carbocycles. The predicted molar refractivity (Wildman–Crippen MR) is 108 cm³/mol. The maximum Gasteiger partial charge on any atom is 0.340 e. The number of nitro benzene ring substituents is 1. The zero-order valence-corrected chi connectivity index (χ0v) is 16.7. The second-order valence-corrected chi connectivity index (χ2v) is 6.70. The molecule has 0 radical (unpaired) electrons. The van der Waals surface area contributed by atoms with Crippen molar-refractivity contribution in [1.29, 1.82) is 0 Å². The summed E-state index contributed by atoms with van der Waals surface area (Å²) in [7, 11) is 0. The normalized spacial score (nSPS) is 10.5. The van der Waals surface area contributed by atoms with Crippen LogP contribution >= 0.6 is 11.6 Å². The molecule has 10 nitrogen and oxygen atoms in total. The number of amides is 1. The molecule has 30 heavy (non-hydrogen) atoms. The number of hydrogen-bond acceptors (Lipinski definition) is 7. The number of nitro groups is 1. The SMILES string of the molecule is Cc1cc(C)n(-c2ccc(C(=O)OCC(=O)Nc3ccc(Cl)c([N+](=O)[O-])c3)cn2)n1. The van der Waals surface area contributed by atoms with E-state index in [-0.39, 0.29) is 22.0 Å². The second-order valence-electron chi connectivity index (χ2n) is 6.29. The van der Waals surface area contributed by atoms with E-state index in [1.54, 1.807) is 10.7 Å². The van der Waals surface area contributed by atoms with Crippen LogP contribution in [0, 0.1) is 24.0 Å². The number of ether oxygens (including phenoxy) is 1. The zero-order valence-electron chi connectivity index (χ0n) is 16.0. The van der Waals surface area contributed by atoms with Crippen LogP contribution in [-0.2, 0) is 9.53 Å². The van der Waals surface area contributed by atoms with Gasteiger partial charge in [-0.3, -0.25) is 14.9 Å². The highest BCUT2D eigenvalue weighted by Crippen LogP contribution is 2.27. The highest BCUT2D eigenvalue weighted by molar-refractivity contribution is 6.32. The second kappa shape index (κ2) is 8.70. The van der Waals surface area contributed by atoms with Crippen molar-refractivity contribution < 1.29 is 19.2 Å². The Hall–Kier alpha value is -3.79. The first-order valence-electron chi connectivity index (χ1n) is 8.65. The van der Waals surface area contributed by atoms with Crippen LogP contribution in [0.15, 0.2) is 42.6 Å². The van der Waals surface area contributed by atoms with Gasteiger partial charge in [0.2, 0.25) is 0 Å². The van der Waals surface area contributed by atoms with Crippen LogP contribution < -0.4 is 5.32 Å². The zero-order chi connectivity index (χ0) is 21.8. The Balaban J connectivity index is 1.59. The Morgan fingerprint density at radius 3 is 2.60 bits per heavy atom. The molecule has 0 fully saturated rings. The summed E-state index contributed by atoms with van der Waals surface area (Å²) in [4.78, 5) is 38.5. The standard InChI is InChI=1S/C19H16ClN5O5/c1-11-7-12(2)24(23-11)17-6-3-13(9-21-17)19(27)30-10-18(26)22-14-4-5-15(20)16(8-14)25(28)29/h3-9H,10H2,1-2H3,(H,22,26). The van der Waals surface area contributed by atoms with Crippen LogP contribution in [0.4, 0.5) is 11.4 Å². The van der Waals surface area contributed by atoms with Crippen LogP contribution in [0.2, 0.25) is 5.02 Å². The maximum absolute atomic E-state index is 12.1. The van der Waals surface area contributed by atoms with Gasteiger partial charge in [0, 0.05) is 23.6 Å². The molecule has 154 valence electrons. The molecule has 2 heterocycles. The molecule has 0 aliphatic heterocycles. The number of aryl methyl sites for hydroxylation is 2. The third-order valence-electron chi connectivity index (χ3n) is 3.97. The van der Waals surface area contributed by atoms with E-state index in [9.17, 15) is 19.7 Å². The summed E-state index contributed by atoms with van der Waals surface area (Å²) in [5, 5.41) is 17.6. The molecule has 2 aromatic heterocycles. The largest absolute Gasteiger partial charge is 0.452 e. The van der Waals surface area contributed by atoms with Crippen LogP contribution in [0.3, 0.4) is 0 Å². The minimum Gasteiger partial charge on any atom is -0.452 e. The minimum atomic E-state index is -0.736. The molecule has 1 N–H and O–H groups in total. The Morgan fingerprint density at radius 1 is 1.23 bits per heavy atom. The first-order chi connectivity index (χ1) is 14.2. The number of nitrogens with zero attached hydrogens (tertiary/aromatic N) is 4. The van der Waals surface area contributed by atoms with Crippen LogP contribution in [-0.4, -0.2) is 38.2 Å². The molecule has 0 saturated carbocycles. The lowest BCUT2D eigenvalue weighted by molar-refractivity contribution is -0.384. The van der Waals surface area contributed by atoms with E-state index in [2.05, 4.69) is 15.4 Å². The number of esters is 1. The van der Waals surface area contributed by atoms with Crippen LogP contribution in [0.5, 0.6) is 0 Å². The molecule has 0 saturated heterocycles. The highest BCUT2D eigenvalue weighted by Gasteiger charge is 2.15. The number of hydrogen-bond donors (Lipinski definition) is 1. The van der Waals surface area contributed by atoms with Gasteiger partial charge in [0.1, 0.15) is 5.02 Å². The number of pyridine rings is 1. The fraction of sp³-hybridized carbons (Fsp3) is 0.158. The van der Waals surface area contributed by atoms with E-state index in [1.807, 2.05) is 19.9 Å². The van der Waals surface area contributed by atoms with E-state index in [0.717, 1.165) is 17.5 Å². The van der Waals surface area contributed by atoms with Crippen LogP contribution in [0.25, 0.3) is 5.82 Å². The summed E-state index contributed by atoms with van der Waals surface area (Å²) < 4.78 is 6.61. The van der Waals surface area contributed by atoms with Crippen molar-refractivity contribution in [2.75, 3.05) is 11.9 Å². The van der Waals surface area contributed by atoms with Crippen molar-refractivity contribution in [2.45, 2.75) is 13.8 Å². The van der Waals surface area contributed by atoms with Crippen molar-refractivity contribution in [3.63, 3.8) is 0 Å². The maximum atomic E-state index is 12.1. The fourth-order valence-corrected chi connectivity index (χ4v) is 2.82. The highest BCUT2D eigenvalue weighted by atomic mass is 35.5. The Bertz CT molecular complexity index is 1130. The van der Waals surface area contributed by atoms with Gasteiger partial charge in [-0.15, -0.1) is 0 Å². The molecular formula is C19H16ClN5O5.